The van der Waals surface area contributed by atoms with Gasteiger partial charge in [-0.1, -0.05) is 103 Å². The van der Waals surface area contributed by atoms with Gasteiger partial charge in [0, 0.05) is 19.5 Å². The number of rotatable bonds is 38. The normalized spacial score (nSPS) is 16.0. The molecule has 1 rings (SSSR count). The monoisotopic (exact) mass is 699 g/mol. The van der Waals surface area contributed by atoms with Crippen LogP contribution < -0.4 is 32.3 Å². The standard InChI is InChI=1S/C38H78N6O5/c1-2-3-4-5-6-7-8-9-10-11-12-13-14-15-16-17-30-43-36(45)23-20-31-47-38-48-34-35(49-38)32-44-37(46)33-42-29-22-28-41-26-19-18-25-40-27-21-24-39/h35,38,40-42H,2-34,39H2,1H3,(H,43,45)(H,44,46). The minimum Gasteiger partial charge on any atom is -0.356 e. The zero-order chi connectivity index (χ0) is 35.3. The molecule has 1 heterocycles. The number of nitrogens with one attached hydrogen (secondary N) is 5. The van der Waals surface area contributed by atoms with Crippen molar-refractivity contribution in [3.63, 3.8) is 0 Å². The van der Waals surface area contributed by atoms with Gasteiger partial charge < -0.3 is 46.5 Å². The molecule has 290 valence electrons. The van der Waals surface area contributed by atoms with Crippen LogP contribution in [-0.4, -0.2) is 96.5 Å². The van der Waals surface area contributed by atoms with E-state index in [1.54, 1.807) is 0 Å². The van der Waals surface area contributed by atoms with Crippen molar-refractivity contribution in [2.24, 2.45) is 5.73 Å². The Morgan fingerprint density at radius 3 is 1.76 bits per heavy atom. The number of nitrogens with two attached hydrogens (primary N) is 1. The summed E-state index contributed by atoms with van der Waals surface area (Å²) in [6, 6.07) is 0. The van der Waals surface area contributed by atoms with Crippen LogP contribution in [0.2, 0.25) is 0 Å². The van der Waals surface area contributed by atoms with Gasteiger partial charge in [-0.3, -0.25) is 9.59 Å². The maximum absolute atomic E-state index is 12.1. The molecule has 0 aromatic rings. The van der Waals surface area contributed by atoms with Gasteiger partial charge in [-0.05, 0) is 77.8 Å². The maximum Gasteiger partial charge on any atom is 0.272 e. The molecule has 1 aliphatic heterocycles. The number of carbonyl (C=O) groups excluding carboxylic acids is 2. The van der Waals surface area contributed by atoms with Crippen molar-refractivity contribution in [1.29, 1.82) is 0 Å². The van der Waals surface area contributed by atoms with E-state index < -0.39 is 6.48 Å². The summed E-state index contributed by atoms with van der Waals surface area (Å²) in [5.74, 6) is 0.00927. The van der Waals surface area contributed by atoms with Crippen molar-refractivity contribution in [2.75, 3.05) is 72.1 Å². The number of hydrogen-bond donors (Lipinski definition) is 6. The van der Waals surface area contributed by atoms with Gasteiger partial charge in [0.05, 0.1) is 19.8 Å². The zero-order valence-corrected chi connectivity index (χ0v) is 31.6. The highest BCUT2D eigenvalue weighted by Gasteiger charge is 2.26. The Morgan fingerprint density at radius 2 is 1.14 bits per heavy atom. The van der Waals surface area contributed by atoms with Gasteiger partial charge in [-0.25, -0.2) is 0 Å². The van der Waals surface area contributed by atoms with E-state index in [1.807, 2.05) is 0 Å². The van der Waals surface area contributed by atoms with E-state index in [0.717, 1.165) is 77.9 Å². The van der Waals surface area contributed by atoms with Crippen LogP contribution in [0, 0.1) is 0 Å². The molecule has 2 amide bonds. The second kappa shape index (κ2) is 36.5. The molecule has 2 unspecified atom stereocenters. The summed E-state index contributed by atoms with van der Waals surface area (Å²) < 4.78 is 16.9. The molecule has 0 saturated carbocycles. The lowest BCUT2D eigenvalue weighted by Crippen LogP contribution is -2.39. The van der Waals surface area contributed by atoms with Gasteiger partial charge in [-0.15, -0.1) is 0 Å². The third-order valence-corrected chi connectivity index (χ3v) is 8.91. The predicted octanol–water partition coefficient (Wildman–Crippen LogP) is 5.26. The highest BCUT2D eigenvalue weighted by Crippen LogP contribution is 2.14. The van der Waals surface area contributed by atoms with E-state index >= 15 is 0 Å². The first-order valence-corrected chi connectivity index (χ1v) is 20.4. The average molecular weight is 699 g/mol. The lowest BCUT2D eigenvalue weighted by molar-refractivity contribution is -0.237. The fourth-order valence-corrected chi connectivity index (χ4v) is 5.83. The summed E-state index contributed by atoms with van der Waals surface area (Å²) in [5.41, 5.74) is 5.48. The number of ether oxygens (including phenoxy) is 3. The Kier molecular flexibility index (Phi) is 34.0. The van der Waals surface area contributed by atoms with E-state index in [1.165, 1.54) is 96.3 Å². The maximum atomic E-state index is 12.1. The third-order valence-electron chi connectivity index (χ3n) is 8.91. The molecule has 1 saturated heterocycles. The zero-order valence-electron chi connectivity index (χ0n) is 31.6. The molecule has 1 aliphatic rings. The number of unbranched alkanes of at least 4 members (excludes halogenated alkanes) is 16. The smallest absolute Gasteiger partial charge is 0.272 e. The van der Waals surface area contributed by atoms with Crippen molar-refractivity contribution < 1.29 is 23.8 Å². The van der Waals surface area contributed by atoms with Crippen LogP contribution in [0.3, 0.4) is 0 Å². The summed E-state index contributed by atoms with van der Waals surface area (Å²) in [4.78, 5) is 24.3. The van der Waals surface area contributed by atoms with Gasteiger partial charge in [-0.2, -0.15) is 0 Å². The highest BCUT2D eigenvalue weighted by molar-refractivity contribution is 5.78. The summed E-state index contributed by atoms with van der Waals surface area (Å²) >= 11 is 0. The Labute approximate surface area is 300 Å². The van der Waals surface area contributed by atoms with Crippen LogP contribution >= 0.6 is 0 Å². The largest absolute Gasteiger partial charge is 0.356 e. The molecular formula is C38H78N6O5. The second-order valence-electron chi connectivity index (χ2n) is 13.7. The van der Waals surface area contributed by atoms with E-state index in [4.69, 9.17) is 19.9 Å². The van der Waals surface area contributed by atoms with Crippen molar-refractivity contribution >= 4 is 11.8 Å². The minimum atomic E-state index is -0.742. The molecule has 0 spiro atoms. The van der Waals surface area contributed by atoms with Crippen molar-refractivity contribution in [2.45, 2.75) is 161 Å². The molecule has 49 heavy (non-hydrogen) atoms. The van der Waals surface area contributed by atoms with Crippen molar-refractivity contribution in [3.05, 3.63) is 0 Å². The molecule has 11 nitrogen and oxygen atoms in total. The van der Waals surface area contributed by atoms with Gasteiger partial charge in [0.15, 0.2) is 0 Å². The molecule has 0 aromatic carbocycles. The number of hydrogen-bond acceptors (Lipinski definition) is 9. The Hall–Kier alpha value is -1.34. The Morgan fingerprint density at radius 1 is 0.612 bits per heavy atom. The average Bonchev–Trinajstić information content (AvgIpc) is 3.57. The van der Waals surface area contributed by atoms with E-state index in [0.29, 0.717) is 32.6 Å². The summed E-state index contributed by atoms with van der Waals surface area (Å²) in [6.45, 7) is 9.24. The molecule has 0 aliphatic carbocycles. The Bertz CT molecular complexity index is 735. The molecule has 0 radical (unpaired) electrons. The van der Waals surface area contributed by atoms with Crippen LogP contribution in [0.4, 0.5) is 0 Å². The van der Waals surface area contributed by atoms with Crippen LogP contribution in [-0.2, 0) is 23.8 Å². The SMILES string of the molecule is CCCCCCCCCCCCCCCCCCNC(=O)CCCOC1OCC(CNC(=O)CNCCCNCCCCNCCCN)O1. The first-order valence-electron chi connectivity index (χ1n) is 20.4. The summed E-state index contributed by atoms with van der Waals surface area (Å²) in [5, 5.41) is 15.9. The molecule has 2 atom stereocenters. The molecule has 0 bridgehead atoms. The third kappa shape index (κ3) is 32.3. The minimum absolute atomic E-state index is 0.0614. The predicted molar refractivity (Wildman–Crippen MR) is 201 cm³/mol. The van der Waals surface area contributed by atoms with Crippen LogP contribution in [0.15, 0.2) is 0 Å². The fourth-order valence-electron chi connectivity index (χ4n) is 5.83. The highest BCUT2D eigenvalue weighted by atomic mass is 16.9. The van der Waals surface area contributed by atoms with Gasteiger partial charge in [0.2, 0.25) is 11.8 Å². The fraction of sp³-hybridized carbons (Fsp3) is 0.947. The topological polar surface area (TPSA) is 148 Å². The summed E-state index contributed by atoms with van der Waals surface area (Å²) in [6.07, 6.45) is 26.7. The molecule has 11 heteroatoms. The van der Waals surface area contributed by atoms with Gasteiger partial charge in [0.25, 0.3) is 6.48 Å². The molecule has 0 aromatic heterocycles. The molecular weight excluding hydrogens is 620 g/mol. The lowest BCUT2D eigenvalue weighted by Gasteiger charge is -2.13. The first-order chi connectivity index (χ1) is 24.2. The summed E-state index contributed by atoms with van der Waals surface area (Å²) in [7, 11) is 0. The van der Waals surface area contributed by atoms with Gasteiger partial charge in [0.1, 0.15) is 6.10 Å². The van der Waals surface area contributed by atoms with Crippen molar-refractivity contribution in [3.8, 4) is 0 Å². The van der Waals surface area contributed by atoms with E-state index in [-0.39, 0.29) is 24.5 Å². The van der Waals surface area contributed by atoms with Crippen molar-refractivity contribution in [1.82, 2.24) is 26.6 Å². The quantitative estimate of drug-likeness (QED) is 0.0475. The van der Waals surface area contributed by atoms with E-state index in [9.17, 15) is 9.59 Å². The van der Waals surface area contributed by atoms with Gasteiger partial charge >= 0.3 is 0 Å². The lowest BCUT2D eigenvalue weighted by atomic mass is 10.0. The van der Waals surface area contributed by atoms with Crippen LogP contribution in [0.1, 0.15) is 148 Å². The van der Waals surface area contributed by atoms with Crippen LogP contribution in [0.5, 0.6) is 0 Å². The first kappa shape index (κ1) is 45.7. The Balaban J connectivity index is 1.81. The number of amides is 2. The second-order valence-corrected chi connectivity index (χ2v) is 13.7. The van der Waals surface area contributed by atoms with E-state index in [2.05, 4.69) is 33.5 Å². The number of carbonyl (C=O) groups is 2. The molecule has 1 fully saturated rings. The van der Waals surface area contributed by atoms with Crippen LogP contribution in [0.25, 0.3) is 0 Å². The molecule has 7 N–H and O–H groups in total.